The number of hydrogen-bond acceptors (Lipinski definition) is 7. The van der Waals surface area contributed by atoms with E-state index in [2.05, 4.69) is 45.0 Å². The summed E-state index contributed by atoms with van der Waals surface area (Å²) in [4.78, 5) is 17.3. The predicted octanol–water partition coefficient (Wildman–Crippen LogP) is 6.59. The molecule has 4 rings (SSSR count). The number of amides is 1. The second kappa shape index (κ2) is 12.8. The number of fused-ring (bicyclic) bond motifs is 1. The van der Waals surface area contributed by atoms with Gasteiger partial charge in [0.2, 0.25) is 0 Å². The molecule has 0 spiro atoms. The summed E-state index contributed by atoms with van der Waals surface area (Å²) in [6.07, 6.45) is 0. The van der Waals surface area contributed by atoms with Crippen molar-refractivity contribution in [3.63, 3.8) is 0 Å². The summed E-state index contributed by atoms with van der Waals surface area (Å²) >= 11 is 3.72. The number of thiazole rings is 1. The second-order valence-corrected chi connectivity index (χ2v) is 10.9. The fourth-order valence-electron chi connectivity index (χ4n) is 2.93. The monoisotopic (exact) mass is 680 g/mol. The number of nitrogens with zero attached hydrogens (tertiary/aromatic N) is 1. The highest BCUT2D eigenvalue weighted by Crippen LogP contribution is 2.30. The highest BCUT2D eigenvalue weighted by Gasteiger charge is 2.44. The highest BCUT2D eigenvalue weighted by molar-refractivity contribution is 14.1. The number of nitrogens with one attached hydrogen (secondary N) is 1. The van der Waals surface area contributed by atoms with Crippen LogP contribution in [0.3, 0.4) is 0 Å². The van der Waals surface area contributed by atoms with E-state index in [-0.39, 0.29) is 12.7 Å². The molecule has 38 heavy (non-hydrogen) atoms. The first-order valence-corrected chi connectivity index (χ1v) is 14.0. The molecule has 0 radical (unpaired) electrons. The molecule has 3 aromatic carbocycles. The lowest BCUT2D eigenvalue weighted by Gasteiger charge is -2.07. The molecule has 14 heteroatoms. The van der Waals surface area contributed by atoms with Crippen LogP contribution in [0.15, 0.2) is 66.7 Å². The Morgan fingerprint density at radius 1 is 1.11 bits per heavy atom. The van der Waals surface area contributed by atoms with Crippen LogP contribution in [0.25, 0.3) is 21.3 Å². The topological polar surface area (TPSA) is 115 Å². The Bertz CT molecular complexity index is 1530. The fourth-order valence-corrected chi connectivity index (χ4v) is 4.52. The van der Waals surface area contributed by atoms with Crippen molar-refractivity contribution in [3.8, 4) is 16.9 Å². The van der Waals surface area contributed by atoms with Gasteiger partial charge < -0.3 is 9.47 Å². The molecule has 0 aliphatic carbocycles. The summed E-state index contributed by atoms with van der Waals surface area (Å²) in [6.45, 7) is 2.73. The van der Waals surface area contributed by atoms with Gasteiger partial charge in [0.15, 0.2) is 11.9 Å². The third kappa shape index (κ3) is 8.10. The number of ether oxygens (including phenoxy) is 2. The maximum Gasteiger partial charge on any atom is 0.522 e. The number of anilines is 1. The van der Waals surface area contributed by atoms with Gasteiger partial charge in [-0.2, -0.15) is 21.6 Å². The largest absolute Gasteiger partial charge is 0.522 e. The van der Waals surface area contributed by atoms with E-state index < -0.39 is 15.6 Å². The normalized spacial score (nSPS) is 11.5. The Kier molecular flexibility index (Phi) is 10.1. The average molecular weight is 680 g/mol. The minimum absolute atomic E-state index is 0.185. The van der Waals surface area contributed by atoms with Gasteiger partial charge >= 0.3 is 15.6 Å². The van der Waals surface area contributed by atoms with Crippen LogP contribution in [0, 0.1) is 3.57 Å². The van der Waals surface area contributed by atoms with Crippen molar-refractivity contribution in [2.75, 3.05) is 18.7 Å². The molecule has 1 amide bonds. The molecule has 0 saturated heterocycles. The van der Waals surface area contributed by atoms with Crippen LogP contribution in [-0.4, -0.2) is 42.8 Å². The first-order chi connectivity index (χ1) is 17.9. The number of carbonyl (C=O) groups excluding carboxylic acids is 1. The van der Waals surface area contributed by atoms with Crippen molar-refractivity contribution in [1.82, 2.24) is 4.98 Å². The summed E-state index contributed by atoms with van der Waals surface area (Å²) in [6, 6.07) is 21.3. The zero-order chi connectivity index (χ0) is 27.9. The van der Waals surface area contributed by atoms with Gasteiger partial charge in [-0.3, -0.25) is 14.7 Å². The fraction of sp³-hybridized carbons (Fsp3) is 0.167. The molecule has 0 fully saturated rings. The summed E-state index contributed by atoms with van der Waals surface area (Å²) in [5.41, 5.74) is -2.02. The standard InChI is InChI=1S/C23H19IN2O3S.CHF3O3S/c1-2-28-14-29-17-10-11-20-21(13-17)30-23(25-20)26-22(27)16-7-5-6-15(12-16)18-8-3-4-9-19(18)24;2-1(3,4)8(5,6)7/h3-13H,2,14H2,1H3,(H,25,26,27);(H,5,6,7). The molecule has 1 aromatic heterocycles. The molecule has 4 aromatic rings. The summed E-state index contributed by atoms with van der Waals surface area (Å²) in [5, 5.41) is 3.47. The maximum absolute atomic E-state index is 12.8. The first kappa shape index (κ1) is 29.8. The number of alkyl halides is 3. The van der Waals surface area contributed by atoms with E-state index >= 15 is 0 Å². The van der Waals surface area contributed by atoms with Crippen molar-refractivity contribution in [1.29, 1.82) is 0 Å². The minimum Gasteiger partial charge on any atom is -0.468 e. The molecule has 0 bridgehead atoms. The van der Waals surface area contributed by atoms with E-state index in [9.17, 15) is 18.0 Å². The molecule has 8 nitrogen and oxygen atoms in total. The SMILES string of the molecule is CCOCOc1ccc2nc(NC(=O)c3cccc(-c4ccccc4I)c3)sc2c1.O=S(=O)(O)C(F)(F)F. The van der Waals surface area contributed by atoms with Crippen LogP contribution in [0.5, 0.6) is 5.75 Å². The number of hydrogen-bond donors (Lipinski definition) is 2. The van der Waals surface area contributed by atoms with Crippen LogP contribution in [0.4, 0.5) is 18.3 Å². The number of carbonyl (C=O) groups is 1. The van der Waals surface area contributed by atoms with Crippen LogP contribution < -0.4 is 10.1 Å². The van der Waals surface area contributed by atoms with Crippen molar-refractivity contribution in [3.05, 3.63) is 75.9 Å². The molecule has 1 heterocycles. The molecular weight excluding hydrogens is 660 g/mol. The van der Waals surface area contributed by atoms with Gasteiger partial charge in [0.05, 0.1) is 10.2 Å². The smallest absolute Gasteiger partial charge is 0.468 e. The molecule has 2 N–H and O–H groups in total. The summed E-state index contributed by atoms with van der Waals surface area (Å²) in [7, 11) is -5.84. The van der Waals surface area contributed by atoms with Crippen molar-refractivity contribution < 1.29 is 40.4 Å². The Labute approximate surface area is 233 Å². The molecular formula is C24H20F3IN2O6S2. The van der Waals surface area contributed by atoms with Crippen molar-refractivity contribution in [2.45, 2.75) is 12.4 Å². The zero-order valence-corrected chi connectivity index (χ0v) is 23.3. The number of rotatable bonds is 7. The summed E-state index contributed by atoms with van der Waals surface area (Å²) < 4.78 is 70.4. The van der Waals surface area contributed by atoms with Gasteiger partial charge in [-0.05, 0) is 77.0 Å². The van der Waals surface area contributed by atoms with Crippen molar-refractivity contribution >= 4 is 65.3 Å². The minimum atomic E-state index is -5.84. The first-order valence-electron chi connectivity index (χ1n) is 10.7. The van der Waals surface area contributed by atoms with Gasteiger partial charge in [-0.25, -0.2) is 4.98 Å². The lowest BCUT2D eigenvalue weighted by molar-refractivity contribution is -0.0510. The quantitative estimate of drug-likeness (QED) is 0.0745. The van der Waals surface area contributed by atoms with Crippen LogP contribution in [0.1, 0.15) is 17.3 Å². The Morgan fingerprint density at radius 3 is 2.47 bits per heavy atom. The number of benzene rings is 3. The number of halogens is 4. The van der Waals surface area contributed by atoms with E-state index in [1.165, 1.54) is 11.3 Å². The lowest BCUT2D eigenvalue weighted by atomic mass is 10.0. The van der Waals surface area contributed by atoms with Gasteiger partial charge in [0, 0.05) is 15.7 Å². The third-order valence-electron chi connectivity index (χ3n) is 4.70. The van der Waals surface area contributed by atoms with Gasteiger partial charge in [0.25, 0.3) is 5.91 Å². The van der Waals surface area contributed by atoms with Crippen LogP contribution >= 0.6 is 33.9 Å². The molecule has 202 valence electrons. The highest BCUT2D eigenvalue weighted by atomic mass is 127. The van der Waals surface area contributed by atoms with Gasteiger partial charge in [0.1, 0.15) is 5.75 Å². The average Bonchev–Trinajstić information content (AvgIpc) is 3.25. The Balaban J connectivity index is 0.000000436. The van der Waals surface area contributed by atoms with Gasteiger partial charge in [-0.1, -0.05) is 41.7 Å². The maximum atomic E-state index is 12.8. The van der Waals surface area contributed by atoms with Crippen LogP contribution in [0.2, 0.25) is 0 Å². The van der Waals surface area contributed by atoms with E-state index in [0.717, 1.165) is 24.9 Å². The third-order valence-corrected chi connectivity index (χ3v) is 7.15. The molecule has 0 aliphatic heterocycles. The van der Waals surface area contributed by atoms with Crippen LogP contribution in [-0.2, 0) is 14.9 Å². The van der Waals surface area contributed by atoms with Gasteiger partial charge in [-0.15, -0.1) is 0 Å². The van der Waals surface area contributed by atoms with E-state index in [0.29, 0.717) is 23.1 Å². The molecule has 0 aliphatic rings. The lowest BCUT2D eigenvalue weighted by Crippen LogP contribution is -2.21. The second-order valence-electron chi connectivity index (χ2n) is 7.34. The Hall–Kier alpha value is -2.79. The summed E-state index contributed by atoms with van der Waals surface area (Å²) in [5.74, 6) is 0.525. The molecule has 0 saturated carbocycles. The predicted molar refractivity (Wildman–Crippen MR) is 147 cm³/mol. The Morgan fingerprint density at radius 2 is 1.82 bits per heavy atom. The molecule has 0 atom stereocenters. The number of aromatic nitrogens is 1. The van der Waals surface area contributed by atoms with E-state index in [4.69, 9.17) is 22.4 Å². The van der Waals surface area contributed by atoms with E-state index in [1.807, 2.05) is 61.5 Å². The van der Waals surface area contributed by atoms with Crippen molar-refractivity contribution in [2.24, 2.45) is 0 Å². The molecule has 0 unspecified atom stereocenters. The zero-order valence-electron chi connectivity index (χ0n) is 19.5. The van der Waals surface area contributed by atoms with E-state index in [1.54, 1.807) is 0 Å².